The van der Waals surface area contributed by atoms with Crippen molar-refractivity contribution in [2.45, 2.75) is 12.5 Å². The van der Waals surface area contributed by atoms with E-state index in [4.69, 9.17) is 34.0 Å². The second-order valence-corrected chi connectivity index (χ2v) is 4.31. The van der Waals surface area contributed by atoms with Crippen LogP contribution < -0.4 is 11.1 Å². The number of aliphatic hydroxyl groups excluding tert-OH is 1. The molecule has 0 heterocycles. The first-order valence-electron chi connectivity index (χ1n) is 5.18. The van der Waals surface area contributed by atoms with E-state index in [1.807, 2.05) is 12.1 Å². The summed E-state index contributed by atoms with van der Waals surface area (Å²) >= 11 is 11.8. The van der Waals surface area contributed by atoms with Crippen molar-refractivity contribution in [3.63, 3.8) is 0 Å². The maximum absolute atomic E-state index is 8.69. The van der Waals surface area contributed by atoms with Crippen LogP contribution in [0.2, 0.25) is 10.0 Å². The molecule has 0 bridgehead atoms. The highest BCUT2D eigenvalue weighted by Crippen LogP contribution is 2.25. The third-order valence-corrected chi connectivity index (χ3v) is 3.05. The quantitative estimate of drug-likeness (QED) is 0.688. The lowest BCUT2D eigenvalue weighted by Gasteiger charge is -2.17. The molecule has 0 saturated heterocycles. The molecule has 0 saturated carbocycles. The van der Waals surface area contributed by atoms with E-state index in [2.05, 4.69) is 5.32 Å². The van der Waals surface area contributed by atoms with Crippen LogP contribution in [-0.2, 0) is 0 Å². The second kappa shape index (κ2) is 7.09. The van der Waals surface area contributed by atoms with Gasteiger partial charge in [0.25, 0.3) is 0 Å². The van der Waals surface area contributed by atoms with E-state index >= 15 is 0 Å². The van der Waals surface area contributed by atoms with Gasteiger partial charge in [0.05, 0.1) is 10.0 Å². The molecule has 3 nitrogen and oxygen atoms in total. The summed E-state index contributed by atoms with van der Waals surface area (Å²) in [5.41, 5.74) is 6.68. The van der Waals surface area contributed by atoms with Crippen molar-refractivity contribution < 1.29 is 5.11 Å². The molecule has 16 heavy (non-hydrogen) atoms. The summed E-state index contributed by atoms with van der Waals surface area (Å²) in [5.74, 6) is 0. The number of benzene rings is 1. The summed E-state index contributed by atoms with van der Waals surface area (Å²) < 4.78 is 0. The lowest BCUT2D eigenvalue weighted by molar-refractivity contribution is 0.283. The zero-order valence-electron chi connectivity index (χ0n) is 8.92. The fraction of sp³-hybridized carbons (Fsp3) is 0.455. The number of nitrogens with one attached hydrogen (secondary N) is 1. The molecule has 0 amide bonds. The highest BCUT2D eigenvalue weighted by atomic mass is 35.5. The molecular formula is C11H16Cl2N2O. The predicted molar refractivity (Wildman–Crippen MR) is 68.0 cm³/mol. The van der Waals surface area contributed by atoms with Crippen molar-refractivity contribution >= 4 is 23.2 Å². The van der Waals surface area contributed by atoms with E-state index in [0.29, 0.717) is 23.0 Å². The SMILES string of the molecule is NCC(NCCCO)c1ccc(Cl)c(Cl)c1. The third-order valence-electron chi connectivity index (χ3n) is 2.31. The molecule has 0 spiro atoms. The first kappa shape index (κ1) is 13.7. The van der Waals surface area contributed by atoms with Crippen molar-refractivity contribution in [3.05, 3.63) is 33.8 Å². The average Bonchev–Trinajstić information content (AvgIpc) is 2.29. The zero-order chi connectivity index (χ0) is 12.0. The van der Waals surface area contributed by atoms with Gasteiger partial charge in [-0.2, -0.15) is 0 Å². The van der Waals surface area contributed by atoms with E-state index in [1.54, 1.807) is 6.07 Å². The van der Waals surface area contributed by atoms with Crippen LogP contribution in [0.25, 0.3) is 0 Å². The Balaban J connectivity index is 2.67. The van der Waals surface area contributed by atoms with Gasteiger partial charge in [-0.25, -0.2) is 0 Å². The Kier molecular flexibility index (Phi) is 6.09. The summed E-state index contributed by atoms with van der Waals surface area (Å²) in [6.45, 7) is 1.37. The standard InChI is InChI=1S/C11H16Cl2N2O/c12-9-3-2-8(6-10(9)13)11(7-14)15-4-1-5-16/h2-3,6,11,15-16H,1,4-5,7,14H2. The lowest BCUT2D eigenvalue weighted by Crippen LogP contribution is -2.29. The van der Waals surface area contributed by atoms with Gasteiger partial charge in [-0.05, 0) is 30.7 Å². The van der Waals surface area contributed by atoms with Crippen molar-refractivity contribution in [2.75, 3.05) is 19.7 Å². The van der Waals surface area contributed by atoms with E-state index < -0.39 is 0 Å². The molecule has 1 rings (SSSR count). The van der Waals surface area contributed by atoms with Crippen LogP contribution in [0.1, 0.15) is 18.0 Å². The van der Waals surface area contributed by atoms with E-state index in [0.717, 1.165) is 12.1 Å². The van der Waals surface area contributed by atoms with Gasteiger partial charge >= 0.3 is 0 Å². The smallest absolute Gasteiger partial charge is 0.0595 e. The highest BCUT2D eigenvalue weighted by molar-refractivity contribution is 6.42. The Labute approximate surface area is 106 Å². The zero-order valence-corrected chi connectivity index (χ0v) is 10.4. The molecule has 0 aromatic heterocycles. The molecule has 4 N–H and O–H groups in total. The second-order valence-electron chi connectivity index (χ2n) is 3.49. The molecule has 0 radical (unpaired) electrons. The van der Waals surface area contributed by atoms with Gasteiger partial charge in [0.1, 0.15) is 0 Å². The van der Waals surface area contributed by atoms with Gasteiger partial charge in [-0.15, -0.1) is 0 Å². The molecule has 1 unspecified atom stereocenters. The maximum atomic E-state index is 8.69. The summed E-state index contributed by atoms with van der Waals surface area (Å²) in [7, 11) is 0. The lowest BCUT2D eigenvalue weighted by atomic mass is 10.1. The topological polar surface area (TPSA) is 58.3 Å². The maximum Gasteiger partial charge on any atom is 0.0595 e. The highest BCUT2D eigenvalue weighted by Gasteiger charge is 2.10. The van der Waals surface area contributed by atoms with E-state index in [1.165, 1.54) is 0 Å². The van der Waals surface area contributed by atoms with Crippen LogP contribution in [0.3, 0.4) is 0 Å². The molecule has 0 aliphatic heterocycles. The Morgan fingerprint density at radius 1 is 1.31 bits per heavy atom. The molecule has 90 valence electrons. The van der Waals surface area contributed by atoms with Gasteiger partial charge in [0, 0.05) is 19.2 Å². The van der Waals surface area contributed by atoms with Crippen LogP contribution in [-0.4, -0.2) is 24.8 Å². The minimum atomic E-state index is 0.0429. The first-order valence-corrected chi connectivity index (χ1v) is 5.94. The van der Waals surface area contributed by atoms with Crippen molar-refractivity contribution in [2.24, 2.45) is 5.73 Å². The van der Waals surface area contributed by atoms with Gasteiger partial charge < -0.3 is 16.2 Å². The fourth-order valence-corrected chi connectivity index (χ4v) is 1.73. The summed E-state index contributed by atoms with van der Waals surface area (Å²) in [6.07, 6.45) is 0.706. The molecule has 5 heteroatoms. The van der Waals surface area contributed by atoms with Crippen molar-refractivity contribution in [1.82, 2.24) is 5.32 Å². The minimum absolute atomic E-state index is 0.0429. The van der Waals surface area contributed by atoms with Crippen LogP contribution in [0.15, 0.2) is 18.2 Å². The molecule has 1 aromatic rings. The number of nitrogens with two attached hydrogens (primary N) is 1. The fourth-order valence-electron chi connectivity index (χ4n) is 1.42. The molecule has 0 fully saturated rings. The molecule has 1 aromatic carbocycles. The van der Waals surface area contributed by atoms with Crippen LogP contribution in [0.4, 0.5) is 0 Å². The van der Waals surface area contributed by atoms with Crippen LogP contribution in [0.5, 0.6) is 0 Å². The third kappa shape index (κ3) is 3.92. The average molecular weight is 263 g/mol. The number of hydrogen-bond donors (Lipinski definition) is 3. The Bertz CT molecular complexity index is 334. The number of halogens is 2. The number of hydrogen-bond acceptors (Lipinski definition) is 3. The predicted octanol–water partition coefficient (Wildman–Crippen LogP) is 1.97. The van der Waals surface area contributed by atoms with Gasteiger partial charge in [-0.3, -0.25) is 0 Å². The minimum Gasteiger partial charge on any atom is -0.396 e. The van der Waals surface area contributed by atoms with Gasteiger partial charge in [0.2, 0.25) is 0 Å². The largest absolute Gasteiger partial charge is 0.396 e. The normalized spacial score (nSPS) is 12.8. The summed E-state index contributed by atoms with van der Waals surface area (Å²) in [6, 6.07) is 5.52. The molecule has 0 aliphatic carbocycles. The molecular weight excluding hydrogens is 247 g/mol. The molecule has 1 atom stereocenters. The first-order chi connectivity index (χ1) is 7.69. The van der Waals surface area contributed by atoms with Gasteiger partial charge in [-0.1, -0.05) is 29.3 Å². The van der Waals surface area contributed by atoms with E-state index in [9.17, 15) is 0 Å². The Hall–Kier alpha value is -0.320. The van der Waals surface area contributed by atoms with Crippen molar-refractivity contribution in [3.8, 4) is 0 Å². The summed E-state index contributed by atoms with van der Waals surface area (Å²) in [5, 5.41) is 13.0. The summed E-state index contributed by atoms with van der Waals surface area (Å²) in [4.78, 5) is 0. The number of aliphatic hydroxyl groups is 1. The monoisotopic (exact) mass is 262 g/mol. The Morgan fingerprint density at radius 2 is 2.06 bits per heavy atom. The van der Waals surface area contributed by atoms with Crippen LogP contribution >= 0.6 is 23.2 Å². The van der Waals surface area contributed by atoms with E-state index in [-0.39, 0.29) is 12.6 Å². The van der Waals surface area contributed by atoms with Crippen LogP contribution in [0, 0.1) is 0 Å². The molecule has 0 aliphatic rings. The Morgan fingerprint density at radius 3 is 2.62 bits per heavy atom. The number of rotatable bonds is 6. The van der Waals surface area contributed by atoms with Crippen molar-refractivity contribution in [1.29, 1.82) is 0 Å². The van der Waals surface area contributed by atoms with Gasteiger partial charge in [0.15, 0.2) is 0 Å².